The standard InChI is InChI=1S/C13H13N5O/c1-10-4-2-3-5-11(10)7-15-13(19)8-18-9-16-17-12(18)6-14/h2-5,9H,7-8H2,1H3,(H,15,19). The van der Waals surface area contributed by atoms with Gasteiger partial charge in [0.2, 0.25) is 11.7 Å². The maximum atomic E-state index is 11.8. The number of amides is 1. The first-order valence-corrected chi connectivity index (χ1v) is 5.80. The highest BCUT2D eigenvalue weighted by molar-refractivity contribution is 5.75. The van der Waals surface area contributed by atoms with Crippen molar-refractivity contribution in [2.24, 2.45) is 0 Å². The topological polar surface area (TPSA) is 83.6 Å². The Balaban J connectivity index is 1.93. The molecule has 0 aliphatic rings. The summed E-state index contributed by atoms with van der Waals surface area (Å²) in [5.74, 6) is -0.0504. The van der Waals surface area contributed by atoms with E-state index in [2.05, 4.69) is 15.5 Å². The van der Waals surface area contributed by atoms with Crippen LogP contribution in [-0.2, 0) is 17.9 Å². The molecule has 0 radical (unpaired) electrons. The predicted octanol–water partition coefficient (Wildman–Crippen LogP) is 0.775. The Kier molecular flexibility index (Phi) is 3.88. The molecule has 6 heteroatoms. The summed E-state index contributed by atoms with van der Waals surface area (Å²) in [7, 11) is 0. The van der Waals surface area contributed by atoms with Crippen molar-refractivity contribution in [3.8, 4) is 6.07 Å². The lowest BCUT2D eigenvalue weighted by Crippen LogP contribution is -2.27. The number of aromatic nitrogens is 3. The van der Waals surface area contributed by atoms with Gasteiger partial charge in [-0.1, -0.05) is 24.3 Å². The van der Waals surface area contributed by atoms with Gasteiger partial charge in [0.15, 0.2) is 0 Å². The van der Waals surface area contributed by atoms with Crippen molar-refractivity contribution in [2.75, 3.05) is 0 Å². The third kappa shape index (κ3) is 3.16. The Morgan fingerprint density at radius 1 is 1.47 bits per heavy atom. The van der Waals surface area contributed by atoms with Crippen LogP contribution in [0.3, 0.4) is 0 Å². The van der Waals surface area contributed by atoms with Crippen molar-refractivity contribution >= 4 is 5.91 Å². The molecule has 2 aromatic rings. The third-order valence-electron chi connectivity index (χ3n) is 2.77. The molecule has 1 aromatic heterocycles. The van der Waals surface area contributed by atoms with Crippen molar-refractivity contribution in [1.82, 2.24) is 20.1 Å². The minimum atomic E-state index is -0.181. The van der Waals surface area contributed by atoms with Gasteiger partial charge in [0, 0.05) is 6.54 Å². The van der Waals surface area contributed by atoms with Crippen LogP contribution in [0.15, 0.2) is 30.6 Å². The Morgan fingerprint density at radius 2 is 2.26 bits per heavy atom. The van der Waals surface area contributed by atoms with Crippen LogP contribution in [0.4, 0.5) is 0 Å². The molecular weight excluding hydrogens is 242 g/mol. The lowest BCUT2D eigenvalue weighted by Gasteiger charge is -2.08. The number of nitrogens with zero attached hydrogens (tertiary/aromatic N) is 4. The molecule has 0 unspecified atom stereocenters. The molecule has 19 heavy (non-hydrogen) atoms. The Bertz CT molecular complexity index is 626. The van der Waals surface area contributed by atoms with E-state index in [4.69, 9.17) is 5.26 Å². The van der Waals surface area contributed by atoms with Gasteiger partial charge in [-0.15, -0.1) is 10.2 Å². The molecular formula is C13H13N5O. The van der Waals surface area contributed by atoms with Crippen LogP contribution in [0.2, 0.25) is 0 Å². The van der Waals surface area contributed by atoms with Crippen molar-refractivity contribution in [3.05, 3.63) is 47.5 Å². The van der Waals surface area contributed by atoms with Crippen molar-refractivity contribution < 1.29 is 4.79 Å². The molecule has 0 fully saturated rings. The van der Waals surface area contributed by atoms with Gasteiger partial charge in [-0.05, 0) is 18.1 Å². The zero-order valence-corrected chi connectivity index (χ0v) is 10.5. The second-order valence-corrected chi connectivity index (χ2v) is 4.10. The number of nitrogens with one attached hydrogen (secondary N) is 1. The number of hydrogen-bond acceptors (Lipinski definition) is 4. The van der Waals surface area contributed by atoms with Gasteiger partial charge < -0.3 is 5.32 Å². The summed E-state index contributed by atoms with van der Waals surface area (Å²) in [6.07, 6.45) is 1.37. The van der Waals surface area contributed by atoms with Gasteiger partial charge in [-0.3, -0.25) is 9.36 Å². The second kappa shape index (κ2) is 5.78. The van der Waals surface area contributed by atoms with Gasteiger partial charge >= 0.3 is 0 Å². The van der Waals surface area contributed by atoms with E-state index in [9.17, 15) is 4.79 Å². The second-order valence-electron chi connectivity index (χ2n) is 4.10. The van der Waals surface area contributed by atoms with E-state index in [0.29, 0.717) is 6.54 Å². The Morgan fingerprint density at radius 3 is 3.00 bits per heavy atom. The molecule has 0 aliphatic heterocycles. The lowest BCUT2D eigenvalue weighted by atomic mass is 10.1. The third-order valence-corrected chi connectivity index (χ3v) is 2.77. The highest BCUT2D eigenvalue weighted by Gasteiger charge is 2.08. The number of hydrogen-bond donors (Lipinski definition) is 1. The highest BCUT2D eigenvalue weighted by atomic mass is 16.1. The highest BCUT2D eigenvalue weighted by Crippen LogP contribution is 2.06. The minimum Gasteiger partial charge on any atom is -0.350 e. The van der Waals surface area contributed by atoms with Crippen molar-refractivity contribution in [3.63, 3.8) is 0 Å². The zero-order valence-electron chi connectivity index (χ0n) is 10.5. The monoisotopic (exact) mass is 255 g/mol. The molecule has 96 valence electrons. The van der Waals surface area contributed by atoms with Crippen LogP contribution in [0, 0.1) is 18.3 Å². The molecule has 0 spiro atoms. The average Bonchev–Trinajstić information content (AvgIpc) is 2.85. The molecule has 0 saturated carbocycles. The maximum Gasteiger partial charge on any atom is 0.240 e. The summed E-state index contributed by atoms with van der Waals surface area (Å²) >= 11 is 0. The van der Waals surface area contributed by atoms with Crippen LogP contribution in [0.25, 0.3) is 0 Å². The molecule has 0 saturated heterocycles. The van der Waals surface area contributed by atoms with Crippen LogP contribution >= 0.6 is 0 Å². The molecule has 6 nitrogen and oxygen atoms in total. The largest absolute Gasteiger partial charge is 0.350 e. The number of aryl methyl sites for hydroxylation is 1. The Hall–Kier alpha value is -2.68. The van der Waals surface area contributed by atoms with Crippen LogP contribution in [0.1, 0.15) is 17.0 Å². The van der Waals surface area contributed by atoms with Crippen LogP contribution in [-0.4, -0.2) is 20.7 Å². The van der Waals surface area contributed by atoms with Gasteiger partial charge in [0.25, 0.3) is 0 Å². The fourth-order valence-electron chi connectivity index (χ4n) is 1.67. The molecule has 0 bridgehead atoms. The molecule has 1 aromatic carbocycles. The smallest absolute Gasteiger partial charge is 0.240 e. The first-order chi connectivity index (χ1) is 9.20. The van der Waals surface area contributed by atoms with Gasteiger partial charge in [0.05, 0.1) is 0 Å². The molecule has 1 amide bonds. The summed E-state index contributed by atoms with van der Waals surface area (Å²) in [4.78, 5) is 11.8. The molecule has 2 rings (SSSR count). The number of benzene rings is 1. The molecule has 0 atom stereocenters. The van der Waals surface area contributed by atoms with E-state index in [-0.39, 0.29) is 18.3 Å². The van der Waals surface area contributed by atoms with Gasteiger partial charge in [-0.2, -0.15) is 5.26 Å². The minimum absolute atomic E-state index is 0.0434. The number of carbonyl (C=O) groups excluding carboxylic acids is 1. The van der Waals surface area contributed by atoms with E-state index in [1.807, 2.05) is 37.3 Å². The summed E-state index contributed by atoms with van der Waals surface area (Å²) in [6, 6.07) is 9.72. The molecule has 0 aliphatic carbocycles. The van der Waals surface area contributed by atoms with E-state index >= 15 is 0 Å². The van der Waals surface area contributed by atoms with Crippen LogP contribution in [0.5, 0.6) is 0 Å². The fourth-order valence-corrected chi connectivity index (χ4v) is 1.67. The fraction of sp³-hybridized carbons (Fsp3) is 0.231. The molecule has 1 N–H and O–H groups in total. The van der Waals surface area contributed by atoms with E-state index < -0.39 is 0 Å². The first kappa shape index (κ1) is 12.8. The van der Waals surface area contributed by atoms with E-state index in [1.54, 1.807) is 0 Å². The molecule has 1 heterocycles. The SMILES string of the molecule is Cc1ccccc1CNC(=O)Cn1cnnc1C#N. The van der Waals surface area contributed by atoms with E-state index in [0.717, 1.165) is 11.1 Å². The summed E-state index contributed by atoms with van der Waals surface area (Å²) in [5.41, 5.74) is 2.20. The normalized spacial score (nSPS) is 9.89. The van der Waals surface area contributed by atoms with Crippen molar-refractivity contribution in [1.29, 1.82) is 5.26 Å². The van der Waals surface area contributed by atoms with Crippen LogP contribution < -0.4 is 5.32 Å². The summed E-state index contributed by atoms with van der Waals surface area (Å²) in [5, 5.41) is 18.7. The predicted molar refractivity (Wildman–Crippen MR) is 67.8 cm³/mol. The maximum absolute atomic E-state index is 11.8. The number of carbonyl (C=O) groups is 1. The number of nitriles is 1. The van der Waals surface area contributed by atoms with Crippen molar-refractivity contribution in [2.45, 2.75) is 20.0 Å². The summed E-state index contributed by atoms with van der Waals surface area (Å²) < 4.78 is 1.41. The average molecular weight is 255 g/mol. The van der Waals surface area contributed by atoms with Gasteiger partial charge in [0.1, 0.15) is 18.9 Å². The number of rotatable bonds is 4. The lowest BCUT2D eigenvalue weighted by molar-refractivity contribution is -0.121. The zero-order chi connectivity index (χ0) is 13.7. The summed E-state index contributed by atoms with van der Waals surface area (Å²) in [6.45, 7) is 2.51. The van der Waals surface area contributed by atoms with E-state index in [1.165, 1.54) is 10.9 Å². The first-order valence-electron chi connectivity index (χ1n) is 5.80. The van der Waals surface area contributed by atoms with Gasteiger partial charge in [-0.25, -0.2) is 0 Å². The quantitative estimate of drug-likeness (QED) is 0.874. The Labute approximate surface area is 110 Å².